The molecule has 14 heavy (non-hydrogen) atoms. The first-order valence-corrected chi connectivity index (χ1v) is 5.09. The summed E-state index contributed by atoms with van der Waals surface area (Å²) in [5.74, 6) is 0.359. The van der Waals surface area contributed by atoms with Gasteiger partial charge in [-0.1, -0.05) is 19.1 Å². The Morgan fingerprint density at radius 1 is 1.57 bits per heavy atom. The molecule has 0 amide bonds. The molecular formula is C11H16N2O. The maximum Gasteiger partial charge on any atom is 0.138 e. The van der Waals surface area contributed by atoms with Gasteiger partial charge in [-0.2, -0.15) is 0 Å². The van der Waals surface area contributed by atoms with Crippen LogP contribution >= 0.6 is 0 Å². The van der Waals surface area contributed by atoms with E-state index in [0.717, 1.165) is 25.2 Å². The van der Waals surface area contributed by atoms with Crippen molar-refractivity contribution in [2.45, 2.75) is 19.4 Å². The van der Waals surface area contributed by atoms with Crippen LogP contribution in [0.15, 0.2) is 18.2 Å². The fourth-order valence-electron chi connectivity index (χ4n) is 1.96. The second-order valence-corrected chi connectivity index (χ2v) is 3.65. The van der Waals surface area contributed by atoms with Crippen LogP contribution in [0, 0.1) is 0 Å². The molecule has 1 unspecified atom stereocenters. The quantitative estimate of drug-likeness (QED) is 0.619. The lowest BCUT2D eigenvalue weighted by molar-refractivity contribution is 0.470. The molecule has 1 aromatic rings. The van der Waals surface area contributed by atoms with Crippen LogP contribution in [0.5, 0.6) is 5.75 Å². The number of hydrogen-bond donors (Lipinski definition) is 3. The molecule has 0 bridgehead atoms. The molecule has 0 aliphatic carbocycles. The van der Waals surface area contributed by atoms with Crippen molar-refractivity contribution in [1.29, 1.82) is 0 Å². The molecule has 0 fully saturated rings. The second kappa shape index (κ2) is 3.88. The van der Waals surface area contributed by atoms with Crippen molar-refractivity contribution >= 4 is 5.69 Å². The van der Waals surface area contributed by atoms with E-state index in [2.05, 4.69) is 23.6 Å². The summed E-state index contributed by atoms with van der Waals surface area (Å²) in [7, 11) is 0. The highest BCUT2D eigenvalue weighted by Crippen LogP contribution is 2.30. The number of aromatic hydroxyl groups is 1. The third kappa shape index (κ3) is 1.68. The number of rotatable bonds is 2. The number of para-hydroxylation sites is 1. The molecular weight excluding hydrogens is 176 g/mol. The number of nitrogens with one attached hydrogen (secondary N) is 2. The Kier molecular flexibility index (Phi) is 2.59. The Hall–Kier alpha value is -1.22. The summed E-state index contributed by atoms with van der Waals surface area (Å²) in [4.78, 5) is 0. The largest absolute Gasteiger partial charge is 0.506 e. The Balaban J connectivity index is 2.18. The predicted molar refractivity (Wildman–Crippen MR) is 57.8 cm³/mol. The highest BCUT2D eigenvalue weighted by molar-refractivity contribution is 5.63. The van der Waals surface area contributed by atoms with Crippen molar-refractivity contribution < 1.29 is 5.11 Å². The lowest BCUT2D eigenvalue weighted by Crippen LogP contribution is -2.40. The molecule has 3 heteroatoms. The third-order valence-electron chi connectivity index (χ3n) is 2.61. The molecule has 0 saturated carbocycles. The molecule has 0 saturated heterocycles. The molecule has 1 atom stereocenters. The van der Waals surface area contributed by atoms with Gasteiger partial charge in [0.2, 0.25) is 0 Å². The number of phenols is 1. The predicted octanol–water partition coefficient (Wildman–Crippen LogP) is 1.34. The number of benzene rings is 1. The van der Waals surface area contributed by atoms with Gasteiger partial charge in [-0.25, -0.2) is 0 Å². The first-order chi connectivity index (χ1) is 6.81. The average molecular weight is 192 g/mol. The topological polar surface area (TPSA) is 44.3 Å². The molecule has 76 valence electrons. The van der Waals surface area contributed by atoms with Gasteiger partial charge in [0.1, 0.15) is 5.75 Å². The second-order valence-electron chi connectivity index (χ2n) is 3.65. The number of likely N-dealkylation sites (N-methyl/N-ethyl adjacent to an activating group) is 1. The Morgan fingerprint density at radius 3 is 3.21 bits per heavy atom. The summed E-state index contributed by atoms with van der Waals surface area (Å²) in [5, 5.41) is 16.2. The molecule has 3 nitrogen and oxygen atoms in total. The van der Waals surface area contributed by atoms with Gasteiger partial charge in [-0.05, 0) is 24.6 Å². The van der Waals surface area contributed by atoms with Crippen molar-refractivity contribution in [3.8, 4) is 5.75 Å². The van der Waals surface area contributed by atoms with Crippen LogP contribution in [0.4, 0.5) is 5.69 Å². The van der Waals surface area contributed by atoms with Crippen LogP contribution in [-0.2, 0) is 6.42 Å². The van der Waals surface area contributed by atoms with Gasteiger partial charge in [0.05, 0.1) is 5.69 Å². The average Bonchev–Trinajstić information content (AvgIpc) is 2.18. The maximum atomic E-state index is 9.59. The molecule has 1 aliphatic rings. The van der Waals surface area contributed by atoms with Crippen molar-refractivity contribution in [3.05, 3.63) is 23.8 Å². The van der Waals surface area contributed by atoms with Crippen LogP contribution in [0.3, 0.4) is 0 Å². The molecule has 1 aliphatic heterocycles. The fourth-order valence-corrected chi connectivity index (χ4v) is 1.96. The highest BCUT2D eigenvalue weighted by Gasteiger charge is 2.18. The summed E-state index contributed by atoms with van der Waals surface area (Å²) in [6.07, 6.45) is 0.991. The van der Waals surface area contributed by atoms with Gasteiger partial charge in [-0.3, -0.25) is 0 Å². The van der Waals surface area contributed by atoms with Gasteiger partial charge in [-0.15, -0.1) is 0 Å². The summed E-state index contributed by atoms with van der Waals surface area (Å²) in [6, 6.07) is 6.16. The van der Waals surface area contributed by atoms with Gasteiger partial charge in [0, 0.05) is 12.6 Å². The SMILES string of the molecule is CCNC1CNc2c(O)cccc2C1. The first-order valence-electron chi connectivity index (χ1n) is 5.09. The Labute approximate surface area is 84.1 Å². The van der Waals surface area contributed by atoms with Gasteiger partial charge >= 0.3 is 0 Å². The third-order valence-corrected chi connectivity index (χ3v) is 2.61. The molecule has 0 aromatic heterocycles. The van der Waals surface area contributed by atoms with E-state index in [0.29, 0.717) is 11.8 Å². The van der Waals surface area contributed by atoms with Crippen LogP contribution in [-0.4, -0.2) is 24.2 Å². The van der Waals surface area contributed by atoms with Crippen molar-refractivity contribution in [2.75, 3.05) is 18.4 Å². The van der Waals surface area contributed by atoms with E-state index >= 15 is 0 Å². The van der Waals surface area contributed by atoms with Crippen molar-refractivity contribution in [2.24, 2.45) is 0 Å². The summed E-state index contributed by atoms with van der Waals surface area (Å²) in [6.45, 7) is 3.98. The van der Waals surface area contributed by atoms with Gasteiger partial charge in [0.15, 0.2) is 0 Å². The minimum absolute atomic E-state index is 0.359. The lowest BCUT2D eigenvalue weighted by atomic mass is 9.99. The van der Waals surface area contributed by atoms with E-state index in [-0.39, 0.29) is 0 Å². The zero-order valence-electron chi connectivity index (χ0n) is 8.38. The monoisotopic (exact) mass is 192 g/mol. The lowest BCUT2D eigenvalue weighted by Gasteiger charge is -2.27. The molecule has 0 spiro atoms. The van der Waals surface area contributed by atoms with Crippen molar-refractivity contribution in [3.63, 3.8) is 0 Å². The van der Waals surface area contributed by atoms with Gasteiger partial charge < -0.3 is 15.7 Å². The number of hydrogen-bond acceptors (Lipinski definition) is 3. The van der Waals surface area contributed by atoms with E-state index in [1.807, 2.05) is 6.07 Å². The minimum atomic E-state index is 0.359. The smallest absolute Gasteiger partial charge is 0.138 e. The fraction of sp³-hybridized carbons (Fsp3) is 0.455. The molecule has 2 rings (SSSR count). The van der Waals surface area contributed by atoms with Crippen LogP contribution < -0.4 is 10.6 Å². The summed E-state index contributed by atoms with van der Waals surface area (Å²) >= 11 is 0. The van der Waals surface area contributed by atoms with Crippen LogP contribution in [0.1, 0.15) is 12.5 Å². The van der Waals surface area contributed by atoms with E-state index in [1.165, 1.54) is 5.56 Å². The molecule has 3 N–H and O–H groups in total. The van der Waals surface area contributed by atoms with E-state index < -0.39 is 0 Å². The van der Waals surface area contributed by atoms with E-state index in [1.54, 1.807) is 6.07 Å². The normalized spacial score (nSPS) is 19.9. The zero-order valence-corrected chi connectivity index (χ0v) is 8.38. The Morgan fingerprint density at radius 2 is 2.43 bits per heavy atom. The maximum absolute atomic E-state index is 9.59. The van der Waals surface area contributed by atoms with Crippen LogP contribution in [0.25, 0.3) is 0 Å². The number of fused-ring (bicyclic) bond motifs is 1. The minimum Gasteiger partial charge on any atom is -0.506 e. The van der Waals surface area contributed by atoms with Crippen molar-refractivity contribution in [1.82, 2.24) is 5.32 Å². The number of phenolic OH excluding ortho intramolecular Hbond substituents is 1. The van der Waals surface area contributed by atoms with Crippen LogP contribution in [0.2, 0.25) is 0 Å². The zero-order chi connectivity index (χ0) is 9.97. The first kappa shape index (κ1) is 9.34. The molecule has 1 heterocycles. The summed E-state index contributed by atoms with van der Waals surface area (Å²) in [5.41, 5.74) is 2.10. The summed E-state index contributed by atoms with van der Waals surface area (Å²) < 4.78 is 0. The highest BCUT2D eigenvalue weighted by atomic mass is 16.3. The van der Waals surface area contributed by atoms with Gasteiger partial charge in [0.25, 0.3) is 0 Å². The molecule has 1 aromatic carbocycles. The standard InChI is InChI=1S/C11H16N2O/c1-2-12-9-6-8-4-3-5-10(14)11(8)13-7-9/h3-5,9,12-14H,2,6-7H2,1H3. The number of anilines is 1. The van der Waals surface area contributed by atoms with E-state index in [4.69, 9.17) is 0 Å². The molecule has 0 radical (unpaired) electrons. The van der Waals surface area contributed by atoms with E-state index in [9.17, 15) is 5.11 Å². The Bertz CT molecular complexity index is 325.